The van der Waals surface area contributed by atoms with Gasteiger partial charge in [-0.3, -0.25) is 9.88 Å². The van der Waals surface area contributed by atoms with Crippen molar-refractivity contribution in [1.29, 1.82) is 0 Å². The minimum atomic E-state index is -0.148. The van der Waals surface area contributed by atoms with Crippen LogP contribution in [0.1, 0.15) is 63.9 Å². The van der Waals surface area contributed by atoms with Crippen LogP contribution in [0, 0.1) is 0 Å². The molecule has 0 spiro atoms. The highest BCUT2D eigenvalue weighted by molar-refractivity contribution is 5.22. The van der Waals surface area contributed by atoms with E-state index >= 15 is 0 Å². The van der Waals surface area contributed by atoms with Crippen LogP contribution in [0.4, 0.5) is 0 Å². The summed E-state index contributed by atoms with van der Waals surface area (Å²) in [5.41, 5.74) is 1.01. The molecule has 1 aliphatic heterocycles. The minimum absolute atomic E-state index is 0.0658. The zero-order valence-corrected chi connectivity index (χ0v) is 14.3. The highest BCUT2D eigenvalue weighted by atomic mass is 15.6. The van der Waals surface area contributed by atoms with Gasteiger partial charge >= 0.3 is 0 Å². The molecule has 0 aliphatic carbocycles. The third-order valence-corrected chi connectivity index (χ3v) is 4.38. The zero-order chi connectivity index (χ0) is 16.3. The average molecular weight is 314 g/mol. The molecule has 0 N–H and O–H groups in total. The zero-order valence-electron chi connectivity index (χ0n) is 14.3. The summed E-state index contributed by atoms with van der Waals surface area (Å²) in [6, 6.07) is 4.19. The smallest absolute Gasteiger partial charge is 0.173 e. The van der Waals surface area contributed by atoms with Crippen LogP contribution < -0.4 is 0 Å². The van der Waals surface area contributed by atoms with E-state index in [-0.39, 0.29) is 11.6 Å². The molecule has 0 bridgehead atoms. The second-order valence-electron chi connectivity index (χ2n) is 7.26. The van der Waals surface area contributed by atoms with Gasteiger partial charge in [-0.1, -0.05) is 18.9 Å². The first-order valence-electron chi connectivity index (χ1n) is 8.50. The Labute approximate surface area is 137 Å². The van der Waals surface area contributed by atoms with Gasteiger partial charge in [-0.15, -0.1) is 5.10 Å². The van der Waals surface area contributed by atoms with Gasteiger partial charge in [0.2, 0.25) is 0 Å². The summed E-state index contributed by atoms with van der Waals surface area (Å²) in [6.07, 6.45) is 8.83. The Morgan fingerprint density at radius 2 is 1.83 bits per heavy atom. The number of hydrogen-bond acceptors (Lipinski definition) is 5. The maximum absolute atomic E-state index is 4.40. The van der Waals surface area contributed by atoms with Crippen molar-refractivity contribution in [1.82, 2.24) is 30.1 Å². The first-order valence-corrected chi connectivity index (χ1v) is 8.50. The molecular weight excluding hydrogens is 288 g/mol. The fourth-order valence-electron chi connectivity index (χ4n) is 3.26. The summed E-state index contributed by atoms with van der Waals surface area (Å²) in [7, 11) is 0. The van der Waals surface area contributed by atoms with Crippen molar-refractivity contribution in [2.75, 3.05) is 13.1 Å². The van der Waals surface area contributed by atoms with Crippen molar-refractivity contribution in [2.24, 2.45) is 0 Å². The van der Waals surface area contributed by atoms with E-state index in [0.717, 1.165) is 24.5 Å². The van der Waals surface area contributed by atoms with E-state index in [2.05, 4.69) is 52.2 Å². The number of tetrazole rings is 1. The summed E-state index contributed by atoms with van der Waals surface area (Å²) < 4.78 is 1.95. The molecule has 1 saturated heterocycles. The Morgan fingerprint density at radius 3 is 2.43 bits per heavy atom. The predicted molar refractivity (Wildman–Crippen MR) is 88.9 cm³/mol. The second-order valence-corrected chi connectivity index (χ2v) is 7.26. The van der Waals surface area contributed by atoms with E-state index in [1.54, 1.807) is 0 Å². The fourth-order valence-corrected chi connectivity index (χ4v) is 3.26. The van der Waals surface area contributed by atoms with Crippen molar-refractivity contribution in [2.45, 2.75) is 58.0 Å². The maximum Gasteiger partial charge on any atom is 0.173 e. The first kappa shape index (κ1) is 16.1. The molecule has 6 heteroatoms. The highest BCUT2D eigenvalue weighted by Crippen LogP contribution is 2.30. The van der Waals surface area contributed by atoms with Crippen molar-refractivity contribution < 1.29 is 0 Å². The van der Waals surface area contributed by atoms with Crippen LogP contribution in [0.25, 0.3) is 0 Å². The van der Waals surface area contributed by atoms with Gasteiger partial charge in [-0.25, -0.2) is 4.68 Å². The molecule has 1 fully saturated rings. The predicted octanol–water partition coefficient (Wildman–Crippen LogP) is 2.79. The van der Waals surface area contributed by atoms with Gasteiger partial charge in [0.25, 0.3) is 0 Å². The van der Waals surface area contributed by atoms with Crippen LogP contribution in [0.15, 0.2) is 24.5 Å². The lowest BCUT2D eigenvalue weighted by molar-refractivity contribution is 0.208. The van der Waals surface area contributed by atoms with E-state index in [0.29, 0.717) is 0 Å². The third-order valence-electron chi connectivity index (χ3n) is 4.38. The van der Waals surface area contributed by atoms with E-state index in [9.17, 15) is 0 Å². The van der Waals surface area contributed by atoms with Gasteiger partial charge in [0.15, 0.2) is 5.82 Å². The topological polar surface area (TPSA) is 59.7 Å². The maximum atomic E-state index is 4.40. The number of pyridine rings is 1. The monoisotopic (exact) mass is 314 g/mol. The number of likely N-dealkylation sites (tertiary alicyclic amines) is 1. The molecule has 1 aliphatic rings. The van der Waals surface area contributed by atoms with Gasteiger partial charge in [0, 0.05) is 12.4 Å². The van der Waals surface area contributed by atoms with Crippen LogP contribution in [-0.2, 0) is 5.54 Å². The number of rotatable bonds is 3. The van der Waals surface area contributed by atoms with Crippen molar-refractivity contribution in [3.63, 3.8) is 0 Å². The molecule has 2 aromatic heterocycles. The lowest BCUT2D eigenvalue weighted by atomic mass is 10.0. The molecule has 0 aromatic carbocycles. The molecule has 0 saturated carbocycles. The molecule has 0 unspecified atom stereocenters. The van der Waals surface area contributed by atoms with Gasteiger partial charge in [-0.2, -0.15) is 0 Å². The van der Waals surface area contributed by atoms with Crippen LogP contribution >= 0.6 is 0 Å². The van der Waals surface area contributed by atoms with Crippen LogP contribution in [0.5, 0.6) is 0 Å². The van der Waals surface area contributed by atoms with Gasteiger partial charge in [0.05, 0.1) is 11.6 Å². The standard InChI is InChI=1S/C17H26N6/c1-17(2,3)23-16(19-20-21-23)15(14-9-8-10-18-13-14)22-11-6-4-5-7-12-22/h8-10,13,15H,4-7,11-12H2,1-3H3/t15-/m1/s1. The summed E-state index contributed by atoms with van der Waals surface area (Å²) in [6.45, 7) is 8.56. The molecule has 6 nitrogen and oxygen atoms in total. The van der Waals surface area contributed by atoms with E-state index in [4.69, 9.17) is 0 Å². The molecule has 2 aromatic rings. The highest BCUT2D eigenvalue weighted by Gasteiger charge is 2.31. The molecule has 3 rings (SSSR count). The Morgan fingerprint density at radius 1 is 1.09 bits per heavy atom. The summed E-state index contributed by atoms with van der Waals surface area (Å²) in [5, 5.41) is 12.6. The van der Waals surface area contributed by atoms with E-state index in [1.807, 2.05) is 23.1 Å². The normalized spacial score (nSPS) is 18.6. The van der Waals surface area contributed by atoms with Crippen LogP contribution in [0.3, 0.4) is 0 Å². The fraction of sp³-hybridized carbons (Fsp3) is 0.647. The molecule has 1 atom stereocenters. The first-order chi connectivity index (χ1) is 11.1. The van der Waals surface area contributed by atoms with E-state index < -0.39 is 0 Å². The SMILES string of the molecule is CC(C)(C)n1nnnc1[C@@H](c1cccnc1)N1CCCCCC1. The number of aromatic nitrogens is 5. The van der Waals surface area contributed by atoms with Crippen LogP contribution in [-0.4, -0.2) is 43.2 Å². The van der Waals surface area contributed by atoms with Gasteiger partial charge < -0.3 is 0 Å². The average Bonchev–Trinajstić information content (AvgIpc) is 2.86. The lowest BCUT2D eigenvalue weighted by Crippen LogP contribution is -2.35. The van der Waals surface area contributed by atoms with Gasteiger partial charge in [-0.05, 0) is 68.8 Å². The Kier molecular flexibility index (Phi) is 4.71. The van der Waals surface area contributed by atoms with Crippen molar-refractivity contribution >= 4 is 0 Å². The van der Waals surface area contributed by atoms with Gasteiger partial charge in [0.1, 0.15) is 0 Å². The Balaban J connectivity index is 2.04. The molecule has 0 amide bonds. The summed E-state index contributed by atoms with van der Waals surface area (Å²) in [5.74, 6) is 0.910. The van der Waals surface area contributed by atoms with E-state index in [1.165, 1.54) is 25.7 Å². The molecule has 124 valence electrons. The molecule has 0 radical (unpaired) electrons. The van der Waals surface area contributed by atoms with Crippen LogP contribution in [0.2, 0.25) is 0 Å². The quantitative estimate of drug-likeness (QED) is 0.872. The second kappa shape index (κ2) is 6.74. The number of hydrogen-bond donors (Lipinski definition) is 0. The van der Waals surface area contributed by atoms with Crippen molar-refractivity contribution in [3.05, 3.63) is 35.9 Å². The third kappa shape index (κ3) is 3.58. The molecule has 23 heavy (non-hydrogen) atoms. The summed E-state index contributed by atoms with van der Waals surface area (Å²) in [4.78, 5) is 6.83. The largest absolute Gasteiger partial charge is 0.290 e. The Bertz CT molecular complexity index is 608. The minimum Gasteiger partial charge on any atom is -0.290 e. The summed E-state index contributed by atoms with van der Waals surface area (Å²) >= 11 is 0. The number of nitrogens with zero attached hydrogens (tertiary/aromatic N) is 6. The Hall–Kier alpha value is -1.82. The van der Waals surface area contributed by atoms with Crippen molar-refractivity contribution in [3.8, 4) is 0 Å². The lowest BCUT2D eigenvalue weighted by Gasteiger charge is -2.32. The molecule has 3 heterocycles. The molecular formula is C17H26N6.